The van der Waals surface area contributed by atoms with E-state index in [4.69, 9.17) is 44.7 Å². The summed E-state index contributed by atoms with van der Waals surface area (Å²) in [6, 6.07) is 0. The van der Waals surface area contributed by atoms with Gasteiger partial charge in [0.15, 0.2) is 5.78 Å². The first-order valence-corrected chi connectivity index (χ1v) is 8.46. The number of guanidine groups is 1. The zero-order valence-corrected chi connectivity index (χ0v) is 14.4. The van der Waals surface area contributed by atoms with Gasteiger partial charge in [-0.25, -0.2) is 13.5 Å². The van der Waals surface area contributed by atoms with E-state index in [1.807, 2.05) is 0 Å². The van der Waals surface area contributed by atoms with Crippen LogP contribution in [0.1, 0.15) is 6.92 Å². The Hall–Kier alpha value is -0.800. The third kappa shape index (κ3) is 3.26. The minimum absolute atomic E-state index is 0.0291. The number of carbonyl (C=O) groups is 1. The lowest BCUT2D eigenvalue weighted by molar-refractivity contribution is -0.110. The van der Waals surface area contributed by atoms with Gasteiger partial charge in [-0.1, -0.05) is 34.8 Å². The zero-order chi connectivity index (χ0) is 16.8. The fraction of sp³-hybridized carbons (Fsp3) is 0.455. The SMILES string of the molecule is CC1=CC(=O)C=CC12CN=C(N)N2S(=O)(=O)OCC(Cl)(Cl)Cl. The van der Waals surface area contributed by atoms with Crippen LogP contribution in [0.2, 0.25) is 0 Å². The van der Waals surface area contributed by atoms with Crippen molar-refractivity contribution < 1.29 is 17.4 Å². The molecule has 2 rings (SSSR count). The number of aliphatic imine (C=N–C) groups is 1. The van der Waals surface area contributed by atoms with Crippen LogP contribution in [0.4, 0.5) is 0 Å². The number of ketones is 1. The number of hydrogen-bond donors (Lipinski definition) is 1. The quantitative estimate of drug-likeness (QED) is 0.729. The van der Waals surface area contributed by atoms with Crippen LogP contribution in [-0.4, -0.2) is 46.9 Å². The second kappa shape index (κ2) is 5.68. The second-order valence-electron chi connectivity index (χ2n) is 4.76. The molecule has 0 saturated heterocycles. The number of halogens is 3. The van der Waals surface area contributed by atoms with E-state index < -0.39 is 26.2 Å². The molecule has 0 saturated carbocycles. The Balaban J connectivity index is 2.39. The maximum absolute atomic E-state index is 12.4. The number of nitrogens with two attached hydrogens (primary N) is 1. The Morgan fingerprint density at radius 2 is 2.14 bits per heavy atom. The molecule has 2 N–H and O–H groups in total. The van der Waals surface area contributed by atoms with Crippen molar-refractivity contribution in [1.82, 2.24) is 4.31 Å². The number of allylic oxidation sites excluding steroid dienone is 2. The number of rotatable bonds is 3. The molecule has 1 spiro atoms. The van der Waals surface area contributed by atoms with Crippen LogP contribution in [-0.2, 0) is 19.3 Å². The number of alkyl halides is 3. The topological polar surface area (TPSA) is 102 Å². The van der Waals surface area contributed by atoms with Gasteiger partial charge in [0.2, 0.25) is 9.75 Å². The molecule has 11 heteroatoms. The lowest BCUT2D eigenvalue weighted by atomic mass is 9.86. The van der Waals surface area contributed by atoms with Gasteiger partial charge >= 0.3 is 10.3 Å². The van der Waals surface area contributed by atoms with Crippen molar-refractivity contribution in [1.29, 1.82) is 0 Å². The summed E-state index contributed by atoms with van der Waals surface area (Å²) in [5.74, 6) is -0.524. The minimum Gasteiger partial charge on any atom is -0.369 e. The summed E-state index contributed by atoms with van der Waals surface area (Å²) in [5, 5.41) is 0. The van der Waals surface area contributed by atoms with E-state index in [0.717, 1.165) is 4.31 Å². The predicted octanol–water partition coefficient (Wildman–Crippen LogP) is 1.07. The summed E-state index contributed by atoms with van der Waals surface area (Å²) in [7, 11) is -4.38. The molecule has 1 heterocycles. The van der Waals surface area contributed by atoms with Gasteiger partial charge in [-0.2, -0.15) is 8.42 Å². The molecule has 1 atom stereocenters. The van der Waals surface area contributed by atoms with E-state index in [-0.39, 0.29) is 18.3 Å². The first-order chi connectivity index (χ1) is 9.98. The van der Waals surface area contributed by atoms with Crippen LogP contribution in [0.15, 0.2) is 28.8 Å². The molecule has 7 nitrogen and oxygen atoms in total. The molecule has 1 unspecified atom stereocenters. The molecule has 2 aliphatic rings. The number of carbonyl (C=O) groups excluding carboxylic acids is 1. The first kappa shape index (κ1) is 17.6. The van der Waals surface area contributed by atoms with E-state index >= 15 is 0 Å². The Labute approximate surface area is 142 Å². The van der Waals surface area contributed by atoms with Crippen molar-refractivity contribution in [3.05, 3.63) is 23.8 Å². The molecule has 1 aliphatic heterocycles. The maximum Gasteiger partial charge on any atom is 0.366 e. The van der Waals surface area contributed by atoms with Crippen LogP contribution in [0.25, 0.3) is 0 Å². The molecular formula is C11H12Cl3N3O4S. The lowest BCUT2D eigenvalue weighted by Crippen LogP contribution is -2.55. The second-order valence-corrected chi connectivity index (χ2v) is 8.73. The van der Waals surface area contributed by atoms with Crippen LogP contribution in [0.5, 0.6) is 0 Å². The van der Waals surface area contributed by atoms with Crippen molar-refractivity contribution in [3.8, 4) is 0 Å². The van der Waals surface area contributed by atoms with Crippen molar-refractivity contribution in [2.45, 2.75) is 16.3 Å². The smallest absolute Gasteiger partial charge is 0.366 e. The average molecular weight is 389 g/mol. The molecule has 0 amide bonds. The summed E-state index contributed by atoms with van der Waals surface area (Å²) in [6.07, 6.45) is 3.98. The molecule has 0 bridgehead atoms. The Bertz CT molecular complexity index is 696. The summed E-state index contributed by atoms with van der Waals surface area (Å²) in [6.45, 7) is 0.944. The van der Waals surface area contributed by atoms with Gasteiger partial charge in [0.1, 0.15) is 12.1 Å². The molecule has 0 aromatic rings. The fourth-order valence-electron chi connectivity index (χ4n) is 2.19. The third-order valence-corrected chi connectivity index (χ3v) is 4.92. The summed E-state index contributed by atoms with van der Waals surface area (Å²) in [5.41, 5.74) is 4.92. The van der Waals surface area contributed by atoms with Crippen molar-refractivity contribution >= 4 is 56.8 Å². The average Bonchev–Trinajstić information content (AvgIpc) is 2.71. The molecule has 122 valence electrons. The minimum atomic E-state index is -4.38. The largest absolute Gasteiger partial charge is 0.369 e. The van der Waals surface area contributed by atoms with Gasteiger partial charge in [0, 0.05) is 0 Å². The monoisotopic (exact) mass is 387 g/mol. The maximum atomic E-state index is 12.4. The molecule has 1 aliphatic carbocycles. The standard InChI is InChI=1S/C11H12Cl3N3O4S/c1-7-4-8(18)2-3-10(7)5-16-9(15)17(10)22(19,20)21-6-11(12,13)14/h2-4H,5-6H2,1H3,(H2,15,16). The van der Waals surface area contributed by atoms with Crippen molar-refractivity contribution in [2.75, 3.05) is 13.2 Å². The number of hydrogen-bond acceptors (Lipinski definition) is 6. The van der Waals surface area contributed by atoms with Crippen molar-refractivity contribution in [3.63, 3.8) is 0 Å². The summed E-state index contributed by atoms with van der Waals surface area (Å²) >= 11 is 16.5. The highest BCUT2D eigenvalue weighted by Gasteiger charge is 2.50. The van der Waals surface area contributed by atoms with Gasteiger partial charge in [-0.15, -0.1) is 0 Å². The van der Waals surface area contributed by atoms with Crippen LogP contribution in [0.3, 0.4) is 0 Å². The Kier molecular flexibility index (Phi) is 4.53. The molecule has 22 heavy (non-hydrogen) atoms. The molecular weight excluding hydrogens is 377 g/mol. The van der Waals surface area contributed by atoms with Gasteiger partial charge in [-0.05, 0) is 30.7 Å². The van der Waals surface area contributed by atoms with E-state index in [9.17, 15) is 13.2 Å². The van der Waals surface area contributed by atoms with Gasteiger partial charge < -0.3 is 5.73 Å². The predicted molar refractivity (Wildman–Crippen MR) is 84.1 cm³/mol. The molecule has 0 aromatic carbocycles. The van der Waals surface area contributed by atoms with Gasteiger partial charge in [0.05, 0.1) is 6.54 Å². The normalized spacial score (nSPS) is 25.6. The summed E-state index contributed by atoms with van der Waals surface area (Å²) < 4.78 is 28.4. The highest BCUT2D eigenvalue weighted by atomic mass is 35.6. The molecule has 0 fully saturated rings. The van der Waals surface area contributed by atoms with Crippen LogP contribution in [0, 0.1) is 0 Å². The molecule has 0 radical (unpaired) electrons. The Morgan fingerprint density at radius 1 is 1.50 bits per heavy atom. The first-order valence-electron chi connectivity index (χ1n) is 5.96. The van der Waals surface area contributed by atoms with E-state index in [0.29, 0.717) is 5.57 Å². The van der Waals surface area contributed by atoms with Gasteiger partial charge in [0.25, 0.3) is 0 Å². The third-order valence-electron chi connectivity index (χ3n) is 3.21. The molecule has 0 aromatic heterocycles. The van der Waals surface area contributed by atoms with E-state index in [1.165, 1.54) is 18.2 Å². The van der Waals surface area contributed by atoms with Crippen LogP contribution < -0.4 is 5.73 Å². The highest BCUT2D eigenvalue weighted by molar-refractivity contribution is 7.85. The summed E-state index contributed by atoms with van der Waals surface area (Å²) in [4.78, 5) is 15.4. The lowest BCUT2D eigenvalue weighted by Gasteiger charge is -2.37. The fourth-order valence-corrected chi connectivity index (χ4v) is 3.92. The van der Waals surface area contributed by atoms with E-state index in [2.05, 4.69) is 4.99 Å². The highest BCUT2D eigenvalue weighted by Crippen LogP contribution is 2.36. The zero-order valence-electron chi connectivity index (χ0n) is 11.3. The van der Waals surface area contributed by atoms with Gasteiger partial charge in [-0.3, -0.25) is 4.79 Å². The van der Waals surface area contributed by atoms with Crippen molar-refractivity contribution in [2.24, 2.45) is 10.7 Å². The van der Waals surface area contributed by atoms with E-state index in [1.54, 1.807) is 6.92 Å². The van der Waals surface area contributed by atoms with Crippen LogP contribution >= 0.6 is 34.8 Å². The Morgan fingerprint density at radius 3 is 2.68 bits per heavy atom. The number of nitrogens with zero attached hydrogens (tertiary/aromatic N) is 2.